The fourth-order valence-electron chi connectivity index (χ4n) is 1.85. The molecule has 0 aliphatic rings. The summed E-state index contributed by atoms with van der Waals surface area (Å²) in [6.45, 7) is 6.71. The summed E-state index contributed by atoms with van der Waals surface area (Å²) < 4.78 is 5.76. The summed E-state index contributed by atoms with van der Waals surface area (Å²) in [5.74, 6) is 0.899. The lowest BCUT2D eigenvalue weighted by atomic mass is 10.1. The maximum atomic E-state index is 5.76. The summed E-state index contributed by atoms with van der Waals surface area (Å²) in [7, 11) is 0. The minimum atomic E-state index is 0.418. The largest absolute Gasteiger partial charge is 0.493 e. The number of thiocarbonyl (C=S) groups is 1. The number of hydrogen-bond donors (Lipinski definition) is 1. The van der Waals surface area contributed by atoms with Gasteiger partial charge < -0.3 is 10.5 Å². The molecule has 0 saturated carbocycles. The quantitative estimate of drug-likeness (QED) is 0.861. The summed E-state index contributed by atoms with van der Waals surface area (Å²) in [5.41, 5.74) is 9.07. The molecule has 1 aromatic heterocycles. The Morgan fingerprint density at radius 1 is 1.30 bits per heavy atom. The van der Waals surface area contributed by atoms with Crippen LogP contribution in [-0.4, -0.2) is 16.6 Å². The highest BCUT2D eigenvalue weighted by Gasteiger charge is 2.09. The SMILES string of the molecule is Cc1ccc(OCCc2nc(C)c(C(N)=S)s2)cc1C. The Bertz CT molecular complexity index is 635. The van der Waals surface area contributed by atoms with Crippen molar-refractivity contribution in [3.8, 4) is 5.75 Å². The predicted octanol–water partition coefficient (Wildman–Crippen LogP) is 3.32. The van der Waals surface area contributed by atoms with E-state index in [-0.39, 0.29) is 0 Å². The first kappa shape index (κ1) is 14.9. The van der Waals surface area contributed by atoms with Crippen molar-refractivity contribution in [2.45, 2.75) is 27.2 Å². The highest BCUT2D eigenvalue weighted by molar-refractivity contribution is 7.81. The van der Waals surface area contributed by atoms with Crippen LogP contribution in [0, 0.1) is 20.8 Å². The molecule has 5 heteroatoms. The zero-order valence-corrected chi connectivity index (χ0v) is 13.5. The van der Waals surface area contributed by atoms with E-state index < -0.39 is 0 Å². The molecule has 0 fully saturated rings. The Morgan fingerprint density at radius 3 is 2.65 bits per heavy atom. The van der Waals surface area contributed by atoms with Crippen molar-refractivity contribution in [3.05, 3.63) is 44.9 Å². The molecule has 2 N–H and O–H groups in total. The Kier molecular flexibility index (Phi) is 4.73. The fraction of sp³-hybridized carbons (Fsp3) is 0.333. The van der Waals surface area contributed by atoms with Crippen molar-refractivity contribution >= 4 is 28.5 Å². The normalized spacial score (nSPS) is 10.6. The molecule has 0 spiro atoms. The monoisotopic (exact) mass is 306 g/mol. The van der Waals surface area contributed by atoms with Crippen molar-refractivity contribution < 1.29 is 4.74 Å². The second kappa shape index (κ2) is 6.33. The third-order valence-electron chi connectivity index (χ3n) is 3.13. The lowest BCUT2D eigenvalue weighted by molar-refractivity contribution is 0.321. The fourth-order valence-corrected chi connectivity index (χ4v) is 3.02. The summed E-state index contributed by atoms with van der Waals surface area (Å²) in [6, 6.07) is 6.13. The van der Waals surface area contributed by atoms with Crippen molar-refractivity contribution in [1.82, 2.24) is 4.98 Å². The molecule has 2 rings (SSSR count). The van der Waals surface area contributed by atoms with Crippen molar-refractivity contribution in [3.63, 3.8) is 0 Å². The van der Waals surface area contributed by atoms with Gasteiger partial charge in [-0.1, -0.05) is 18.3 Å². The molecule has 1 heterocycles. The van der Waals surface area contributed by atoms with E-state index in [1.54, 1.807) is 11.3 Å². The zero-order chi connectivity index (χ0) is 14.7. The van der Waals surface area contributed by atoms with Crippen LogP contribution >= 0.6 is 23.6 Å². The first-order valence-corrected chi connectivity index (χ1v) is 7.66. The van der Waals surface area contributed by atoms with Crippen LogP contribution in [0.3, 0.4) is 0 Å². The maximum Gasteiger partial charge on any atom is 0.119 e. The molecular formula is C15H18N2OS2. The van der Waals surface area contributed by atoms with Crippen LogP contribution in [0.15, 0.2) is 18.2 Å². The number of benzene rings is 1. The van der Waals surface area contributed by atoms with E-state index in [2.05, 4.69) is 31.0 Å². The topological polar surface area (TPSA) is 48.1 Å². The number of nitrogens with two attached hydrogens (primary N) is 1. The van der Waals surface area contributed by atoms with Gasteiger partial charge in [-0.2, -0.15) is 0 Å². The number of thiazole rings is 1. The second-order valence-electron chi connectivity index (χ2n) is 4.73. The third-order valence-corrected chi connectivity index (χ3v) is 4.71. The van der Waals surface area contributed by atoms with Crippen LogP contribution < -0.4 is 10.5 Å². The van der Waals surface area contributed by atoms with Crippen molar-refractivity contribution in [2.24, 2.45) is 5.73 Å². The van der Waals surface area contributed by atoms with E-state index in [4.69, 9.17) is 22.7 Å². The maximum absolute atomic E-state index is 5.76. The van der Waals surface area contributed by atoms with Gasteiger partial charge in [0.2, 0.25) is 0 Å². The lowest BCUT2D eigenvalue weighted by Crippen LogP contribution is -2.08. The first-order chi connectivity index (χ1) is 9.47. The minimum Gasteiger partial charge on any atom is -0.493 e. The van der Waals surface area contributed by atoms with E-state index in [1.807, 2.05) is 13.0 Å². The predicted molar refractivity (Wildman–Crippen MR) is 87.9 cm³/mol. The molecule has 0 atom stereocenters. The standard InChI is InChI=1S/C15H18N2OS2/c1-9-4-5-12(8-10(9)2)18-7-6-13-17-11(3)14(20-13)15(16)19/h4-5,8H,6-7H2,1-3H3,(H2,16,19). The first-order valence-electron chi connectivity index (χ1n) is 6.43. The molecule has 0 unspecified atom stereocenters. The number of hydrogen-bond acceptors (Lipinski definition) is 4. The molecule has 3 nitrogen and oxygen atoms in total. The molecule has 0 aliphatic carbocycles. The molecular weight excluding hydrogens is 288 g/mol. The molecule has 20 heavy (non-hydrogen) atoms. The van der Waals surface area contributed by atoms with Gasteiger partial charge >= 0.3 is 0 Å². The van der Waals surface area contributed by atoms with Gasteiger partial charge in [-0.05, 0) is 44.0 Å². The lowest BCUT2D eigenvalue weighted by Gasteiger charge is -2.07. The van der Waals surface area contributed by atoms with Crippen LogP contribution in [0.1, 0.15) is 26.7 Å². The van der Waals surface area contributed by atoms with Gasteiger partial charge in [0.05, 0.1) is 22.2 Å². The van der Waals surface area contributed by atoms with Crippen LogP contribution in [-0.2, 0) is 6.42 Å². The Labute approximate surface area is 128 Å². The molecule has 0 amide bonds. The van der Waals surface area contributed by atoms with E-state index in [0.717, 1.165) is 27.7 Å². The number of ether oxygens (including phenoxy) is 1. The van der Waals surface area contributed by atoms with Gasteiger partial charge in [0.15, 0.2) is 0 Å². The summed E-state index contributed by atoms with van der Waals surface area (Å²) in [4.78, 5) is 5.79. The Morgan fingerprint density at radius 2 is 2.05 bits per heavy atom. The van der Waals surface area contributed by atoms with Gasteiger partial charge in [0.25, 0.3) is 0 Å². The Hall–Kier alpha value is -1.46. The van der Waals surface area contributed by atoms with Crippen LogP contribution in [0.2, 0.25) is 0 Å². The average molecular weight is 306 g/mol. The van der Waals surface area contributed by atoms with Gasteiger partial charge in [-0.15, -0.1) is 11.3 Å². The second-order valence-corrected chi connectivity index (χ2v) is 6.25. The van der Waals surface area contributed by atoms with Gasteiger partial charge in [-0.3, -0.25) is 0 Å². The van der Waals surface area contributed by atoms with Crippen molar-refractivity contribution in [2.75, 3.05) is 6.61 Å². The van der Waals surface area contributed by atoms with E-state index >= 15 is 0 Å². The molecule has 0 saturated heterocycles. The number of aryl methyl sites for hydroxylation is 3. The number of aromatic nitrogens is 1. The Balaban J connectivity index is 1.94. The van der Waals surface area contributed by atoms with Crippen LogP contribution in [0.4, 0.5) is 0 Å². The number of rotatable bonds is 5. The molecule has 0 bridgehead atoms. The summed E-state index contributed by atoms with van der Waals surface area (Å²) in [5, 5.41) is 1.01. The zero-order valence-electron chi connectivity index (χ0n) is 11.9. The third kappa shape index (κ3) is 3.55. The van der Waals surface area contributed by atoms with Gasteiger partial charge in [0, 0.05) is 6.42 Å². The van der Waals surface area contributed by atoms with E-state index in [1.165, 1.54) is 11.1 Å². The molecule has 0 radical (unpaired) electrons. The van der Waals surface area contributed by atoms with Crippen LogP contribution in [0.5, 0.6) is 5.75 Å². The average Bonchev–Trinajstić information content (AvgIpc) is 2.75. The smallest absolute Gasteiger partial charge is 0.119 e. The van der Waals surface area contributed by atoms with Crippen molar-refractivity contribution in [1.29, 1.82) is 0 Å². The highest BCUT2D eigenvalue weighted by atomic mass is 32.1. The molecule has 2 aromatic rings. The minimum absolute atomic E-state index is 0.418. The van der Waals surface area contributed by atoms with Gasteiger partial charge in [-0.25, -0.2) is 4.98 Å². The molecule has 106 valence electrons. The molecule has 0 aliphatic heterocycles. The van der Waals surface area contributed by atoms with E-state index in [9.17, 15) is 0 Å². The summed E-state index contributed by atoms with van der Waals surface area (Å²) >= 11 is 6.55. The van der Waals surface area contributed by atoms with Crippen LogP contribution in [0.25, 0.3) is 0 Å². The van der Waals surface area contributed by atoms with Gasteiger partial charge in [0.1, 0.15) is 10.7 Å². The summed E-state index contributed by atoms with van der Waals surface area (Å²) in [6.07, 6.45) is 0.765. The van der Waals surface area contributed by atoms with E-state index in [0.29, 0.717) is 11.6 Å². The highest BCUT2D eigenvalue weighted by Crippen LogP contribution is 2.20. The molecule has 1 aromatic carbocycles. The number of nitrogens with zero attached hydrogens (tertiary/aromatic N) is 1.